The molecule has 42 heavy (non-hydrogen) atoms. The van der Waals surface area contributed by atoms with Gasteiger partial charge < -0.3 is 9.13 Å². The molecule has 194 valence electrons. The maximum atomic E-state index is 2.45. The highest BCUT2D eigenvalue weighted by atomic mass is 15.0. The fraction of sp³-hybridized carbons (Fsp3) is 0. The van der Waals surface area contributed by atoms with E-state index in [1.807, 2.05) is 0 Å². The van der Waals surface area contributed by atoms with E-state index in [0.717, 1.165) is 0 Å². The van der Waals surface area contributed by atoms with Gasteiger partial charge in [-0.05, 0) is 64.0 Å². The number of nitrogens with zero attached hydrogens (tertiary/aromatic N) is 2. The van der Waals surface area contributed by atoms with Crippen molar-refractivity contribution in [2.75, 3.05) is 0 Å². The minimum absolute atomic E-state index is 1.18. The summed E-state index contributed by atoms with van der Waals surface area (Å²) in [7, 11) is 0. The van der Waals surface area contributed by atoms with Crippen molar-refractivity contribution in [1.82, 2.24) is 9.13 Å². The largest absolute Gasteiger partial charge is 0.309 e. The fourth-order valence-corrected chi connectivity index (χ4v) is 7.53. The van der Waals surface area contributed by atoms with Crippen LogP contribution >= 0.6 is 0 Å². The average molecular weight is 533 g/mol. The lowest BCUT2D eigenvalue weighted by molar-refractivity contribution is 1.19. The third-order valence-electron chi connectivity index (χ3n) is 9.23. The van der Waals surface area contributed by atoms with Gasteiger partial charge in [-0.25, -0.2) is 0 Å². The molecule has 8 aromatic carbocycles. The molecule has 0 amide bonds. The van der Waals surface area contributed by atoms with E-state index in [9.17, 15) is 0 Å². The minimum Gasteiger partial charge on any atom is -0.309 e. The molecule has 10 rings (SSSR count). The molecule has 10 aromatic rings. The highest BCUT2D eigenvalue weighted by Gasteiger charge is 2.20. The Bertz CT molecular complexity index is 2620. The van der Waals surface area contributed by atoms with E-state index < -0.39 is 0 Å². The highest BCUT2D eigenvalue weighted by Crippen LogP contribution is 2.44. The van der Waals surface area contributed by atoms with Crippen LogP contribution in [0.4, 0.5) is 0 Å². The zero-order valence-electron chi connectivity index (χ0n) is 22.8. The molecule has 0 bridgehead atoms. The third kappa shape index (κ3) is 2.74. The summed E-state index contributed by atoms with van der Waals surface area (Å²) in [5.74, 6) is 0. The van der Waals surface area contributed by atoms with Crippen LogP contribution in [0.3, 0.4) is 0 Å². The van der Waals surface area contributed by atoms with Crippen LogP contribution in [0.1, 0.15) is 0 Å². The monoisotopic (exact) mass is 532 g/mol. The molecule has 0 aliphatic heterocycles. The molecular weight excluding hydrogens is 508 g/mol. The Morgan fingerprint density at radius 2 is 0.857 bits per heavy atom. The molecule has 0 saturated heterocycles. The third-order valence-corrected chi connectivity index (χ3v) is 9.23. The van der Waals surface area contributed by atoms with E-state index in [1.165, 1.54) is 87.3 Å². The van der Waals surface area contributed by atoms with E-state index in [4.69, 9.17) is 0 Å². The maximum Gasteiger partial charge on any atom is 0.0620 e. The van der Waals surface area contributed by atoms with Gasteiger partial charge in [-0.15, -0.1) is 0 Å². The zero-order chi connectivity index (χ0) is 27.4. The van der Waals surface area contributed by atoms with E-state index in [0.29, 0.717) is 0 Å². The number of benzene rings is 8. The predicted molar refractivity (Wildman–Crippen MR) is 179 cm³/mol. The van der Waals surface area contributed by atoms with Crippen molar-refractivity contribution >= 4 is 75.9 Å². The Labute approximate surface area is 241 Å². The molecule has 0 aliphatic rings. The summed E-state index contributed by atoms with van der Waals surface area (Å²) in [6.07, 6.45) is 0. The molecule has 2 nitrogen and oxygen atoms in total. The molecule has 0 aliphatic carbocycles. The summed E-state index contributed by atoms with van der Waals surface area (Å²) in [5, 5.41) is 12.9. The van der Waals surface area contributed by atoms with E-state index >= 15 is 0 Å². The summed E-state index contributed by atoms with van der Waals surface area (Å²) >= 11 is 0. The SMILES string of the molecule is c1ccc(-n2c3ccccc3c3cc4ccc5c(-n6c7ccccc7c7ccccc76)ccc6ccc(c4c65)c32)cc1. The summed E-state index contributed by atoms with van der Waals surface area (Å²) < 4.78 is 4.90. The van der Waals surface area contributed by atoms with Gasteiger partial charge in [0.25, 0.3) is 0 Å². The van der Waals surface area contributed by atoms with Gasteiger partial charge in [0.2, 0.25) is 0 Å². The van der Waals surface area contributed by atoms with Crippen LogP contribution in [0.2, 0.25) is 0 Å². The van der Waals surface area contributed by atoms with Gasteiger partial charge in [0.15, 0.2) is 0 Å². The lowest BCUT2D eigenvalue weighted by atomic mass is 9.91. The Morgan fingerprint density at radius 3 is 1.57 bits per heavy atom. The predicted octanol–water partition coefficient (Wildman–Crippen LogP) is 10.8. The van der Waals surface area contributed by atoms with Crippen LogP contribution in [-0.2, 0) is 0 Å². The average Bonchev–Trinajstić information content (AvgIpc) is 3.57. The topological polar surface area (TPSA) is 9.86 Å². The normalized spacial score (nSPS) is 12.3. The number of hydrogen-bond donors (Lipinski definition) is 0. The molecule has 0 radical (unpaired) electrons. The van der Waals surface area contributed by atoms with Gasteiger partial charge in [0, 0.05) is 38.0 Å². The number of para-hydroxylation sites is 4. The first kappa shape index (κ1) is 22.1. The van der Waals surface area contributed by atoms with Gasteiger partial charge in [0.05, 0.1) is 27.8 Å². The standard InChI is InChI=1S/C40H24N2/c1-2-10-27(11-3-1)41-34-15-7-6-14-30(34)33-24-26-19-21-31-37(23-20-25-18-22-32(40(33)41)39(26)38(25)31)42-35-16-8-4-12-28(35)29-13-5-9-17-36(29)42/h1-24H. The molecule has 0 saturated carbocycles. The van der Waals surface area contributed by atoms with Crippen LogP contribution in [0.15, 0.2) is 146 Å². The van der Waals surface area contributed by atoms with Crippen molar-refractivity contribution in [2.45, 2.75) is 0 Å². The van der Waals surface area contributed by atoms with Crippen LogP contribution in [0, 0.1) is 0 Å². The fourth-order valence-electron chi connectivity index (χ4n) is 7.53. The molecule has 0 unspecified atom stereocenters. The Balaban J connectivity index is 1.40. The Hall–Kier alpha value is -5.60. The van der Waals surface area contributed by atoms with Crippen LogP contribution in [0.25, 0.3) is 87.3 Å². The van der Waals surface area contributed by atoms with Crippen molar-refractivity contribution in [3.8, 4) is 11.4 Å². The van der Waals surface area contributed by atoms with Gasteiger partial charge in [-0.3, -0.25) is 0 Å². The Morgan fingerprint density at radius 1 is 0.333 bits per heavy atom. The molecule has 2 heteroatoms. The first-order chi connectivity index (χ1) is 20.9. The number of fused-ring (bicyclic) bond motifs is 7. The smallest absolute Gasteiger partial charge is 0.0620 e. The van der Waals surface area contributed by atoms with Crippen LogP contribution in [-0.4, -0.2) is 9.13 Å². The molecule has 0 atom stereocenters. The van der Waals surface area contributed by atoms with Crippen LogP contribution in [0.5, 0.6) is 0 Å². The van der Waals surface area contributed by atoms with Gasteiger partial charge in [-0.1, -0.05) is 103 Å². The number of aromatic nitrogens is 2. The van der Waals surface area contributed by atoms with Crippen molar-refractivity contribution in [3.05, 3.63) is 146 Å². The first-order valence-electron chi connectivity index (χ1n) is 14.5. The summed E-state index contributed by atoms with van der Waals surface area (Å²) in [5.41, 5.74) is 7.38. The number of hydrogen-bond acceptors (Lipinski definition) is 0. The lowest BCUT2D eigenvalue weighted by Gasteiger charge is -2.17. The second-order valence-corrected chi connectivity index (χ2v) is 11.3. The quantitative estimate of drug-likeness (QED) is 0.196. The van der Waals surface area contributed by atoms with Crippen LogP contribution < -0.4 is 0 Å². The van der Waals surface area contributed by atoms with Gasteiger partial charge in [-0.2, -0.15) is 0 Å². The van der Waals surface area contributed by atoms with Crippen molar-refractivity contribution in [1.29, 1.82) is 0 Å². The minimum atomic E-state index is 1.18. The first-order valence-corrected chi connectivity index (χ1v) is 14.5. The van der Waals surface area contributed by atoms with Gasteiger partial charge in [0.1, 0.15) is 0 Å². The summed E-state index contributed by atoms with van der Waals surface area (Å²) in [6.45, 7) is 0. The molecule has 0 N–H and O–H groups in total. The van der Waals surface area contributed by atoms with Crippen molar-refractivity contribution in [2.24, 2.45) is 0 Å². The molecular formula is C40H24N2. The van der Waals surface area contributed by atoms with E-state index in [-0.39, 0.29) is 0 Å². The zero-order valence-corrected chi connectivity index (χ0v) is 22.8. The Kier molecular flexibility index (Phi) is 4.21. The van der Waals surface area contributed by atoms with Crippen molar-refractivity contribution in [3.63, 3.8) is 0 Å². The van der Waals surface area contributed by atoms with E-state index in [1.54, 1.807) is 0 Å². The summed E-state index contributed by atoms with van der Waals surface area (Å²) in [4.78, 5) is 0. The molecule has 2 aromatic heterocycles. The van der Waals surface area contributed by atoms with E-state index in [2.05, 4.69) is 155 Å². The second-order valence-electron chi connectivity index (χ2n) is 11.3. The number of rotatable bonds is 2. The van der Waals surface area contributed by atoms with Gasteiger partial charge >= 0.3 is 0 Å². The molecule has 0 spiro atoms. The molecule has 0 fully saturated rings. The van der Waals surface area contributed by atoms with Crippen molar-refractivity contribution < 1.29 is 0 Å². The molecule has 2 heterocycles. The summed E-state index contributed by atoms with van der Waals surface area (Å²) in [6, 6.07) is 53.4. The maximum absolute atomic E-state index is 2.45. The highest BCUT2D eigenvalue weighted by molar-refractivity contribution is 6.32. The second kappa shape index (κ2) is 7.99. The lowest BCUT2D eigenvalue weighted by Crippen LogP contribution is -1.97.